The molecule has 4 rings (SSSR count). The summed E-state index contributed by atoms with van der Waals surface area (Å²) < 4.78 is 5.72. The van der Waals surface area contributed by atoms with Crippen molar-refractivity contribution in [1.29, 1.82) is 0 Å². The number of nitro groups is 1. The fraction of sp³-hybridized carbons (Fsp3) is 0.346. The Labute approximate surface area is 207 Å². The molecule has 36 heavy (non-hydrogen) atoms. The number of hydrogen-bond donors (Lipinski definition) is 2. The minimum Gasteiger partial charge on any atom is -0.451 e. The summed E-state index contributed by atoms with van der Waals surface area (Å²) in [4.78, 5) is 51.3. The molecule has 2 aromatic carbocycles. The molecule has 0 unspecified atom stereocenters. The summed E-state index contributed by atoms with van der Waals surface area (Å²) in [6, 6.07) is 12.5. The molecule has 2 amide bonds. The van der Waals surface area contributed by atoms with Crippen molar-refractivity contribution in [2.75, 3.05) is 26.7 Å². The number of nitro benzene ring substituents is 1. The molecule has 0 bridgehead atoms. The van der Waals surface area contributed by atoms with Gasteiger partial charge in [-0.2, -0.15) is 0 Å². The highest BCUT2D eigenvalue weighted by molar-refractivity contribution is 5.98. The number of likely N-dealkylation sites (N-methyl/N-ethyl adjacent to an activating group) is 1. The van der Waals surface area contributed by atoms with E-state index in [1.165, 1.54) is 12.1 Å². The number of rotatable bonds is 7. The van der Waals surface area contributed by atoms with Crippen molar-refractivity contribution < 1.29 is 18.9 Å². The van der Waals surface area contributed by atoms with Gasteiger partial charge < -0.3 is 20.0 Å². The normalized spacial score (nSPS) is 14.8. The van der Waals surface area contributed by atoms with Crippen LogP contribution in [0.4, 0.5) is 5.69 Å². The number of nitrogens with one attached hydrogen (secondary N) is 2. The van der Waals surface area contributed by atoms with E-state index in [1.54, 1.807) is 42.3 Å². The number of non-ortho nitro benzene ring substituents is 1. The van der Waals surface area contributed by atoms with Crippen LogP contribution >= 0.6 is 0 Å². The minimum atomic E-state index is -1.15. The molecule has 2 N–H and O–H groups in total. The summed E-state index contributed by atoms with van der Waals surface area (Å²) in [6.07, 6.45) is 1.27. The average Bonchev–Trinajstić information content (AvgIpc) is 2.87. The molecule has 0 atom stereocenters. The van der Waals surface area contributed by atoms with Crippen LogP contribution < -0.4 is 16.1 Å². The third-order valence-electron chi connectivity index (χ3n) is 6.56. The maximum Gasteiger partial charge on any atom is 0.288 e. The molecule has 0 saturated carbocycles. The predicted molar refractivity (Wildman–Crippen MR) is 134 cm³/mol. The van der Waals surface area contributed by atoms with Crippen LogP contribution in [0.1, 0.15) is 34.5 Å². The number of carbonyl (C=O) groups is 2. The molecular weight excluding hydrogens is 464 g/mol. The lowest BCUT2D eigenvalue weighted by molar-refractivity contribution is -0.384. The number of piperidine rings is 1. The van der Waals surface area contributed by atoms with E-state index in [0.717, 1.165) is 17.2 Å². The molecule has 3 aromatic rings. The quantitative estimate of drug-likeness (QED) is 0.382. The first-order valence-electron chi connectivity index (χ1n) is 11.8. The number of benzene rings is 2. The van der Waals surface area contributed by atoms with Crippen molar-refractivity contribution in [3.63, 3.8) is 0 Å². The highest BCUT2D eigenvalue weighted by atomic mass is 16.6. The number of carbonyl (C=O) groups excluding carboxylic acids is 2. The number of aryl methyl sites for hydroxylation is 1. The molecule has 1 aromatic heterocycles. The Balaban J connectivity index is 1.51. The van der Waals surface area contributed by atoms with Crippen LogP contribution in [0.15, 0.2) is 57.7 Å². The molecule has 1 fully saturated rings. The average molecular weight is 493 g/mol. The second kappa shape index (κ2) is 10.3. The number of nitrogens with zero attached hydrogens (tertiary/aromatic N) is 2. The first kappa shape index (κ1) is 25.1. The zero-order valence-electron chi connectivity index (χ0n) is 20.2. The van der Waals surface area contributed by atoms with Gasteiger partial charge in [-0.1, -0.05) is 23.8 Å². The molecule has 1 aliphatic rings. The Morgan fingerprint density at radius 2 is 1.83 bits per heavy atom. The van der Waals surface area contributed by atoms with Gasteiger partial charge in [-0.15, -0.1) is 0 Å². The molecule has 0 radical (unpaired) electrons. The van der Waals surface area contributed by atoms with E-state index in [-0.39, 0.29) is 22.8 Å². The second-order valence-electron chi connectivity index (χ2n) is 9.16. The molecule has 188 valence electrons. The molecule has 0 aliphatic carbocycles. The largest absolute Gasteiger partial charge is 0.451 e. The molecule has 0 spiro atoms. The second-order valence-corrected chi connectivity index (χ2v) is 9.16. The fourth-order valence-electron chi connectivity index (χ4n) is 4.45. The lowest BCUT2D eigenvalue weighted by Gasteiger charge is -2.39. The third-order valence-corrected chi connectivity index (χ3v) is 6.56. The van der Waals surface area contributed by atoms with Gasteiger partial charge in [0.15, 0.2) is 11.2 Å². The number of hydrogen-bond acceptors (Lipinski definition) is 7. The van der Waals surface area contributed by atoms with Gasteiger partial charge in [0.05, 0.1) is 10.3 Å². The molecule has 1 aliphatic heterocycles. The van der Waals surface area contributed by atoms with E-state index in [9.17, 15) is 24.5 Å². The molecule has 2 heterocycles. The highest BCUT2D eigenvalue weighted by Gasteiger charge is 2.43. The van der Waals surface area contributed by atoms with Gasteiger partial charge in [-0.25, -0.2) is 0 Å². The Hall–Kier alpha value is -4.05. The summed E-state index contributed by atoms with van der Waals surface area (Å²) in [6.45, 7) is 3.32. The first-order chi connectivity index (χ1) is 17.2. The zero-order chi connectivity index (χ0) is 25.9. The van der Waals surface area contributed by atoms with Crippen LogP contribution in [0.5, 0.6) is 0 Å². The van der Waals surface area contributed by atoms with Gasteiger partial charge in [0.25, 0.3) is 11.6 Å². The highest BCUT2D eigenvalue weighted by Crippen LogP contribution is 2.23. The van der Waals surface area contributed by atoms with E-state index in [1.807, 2.05) is 6.92 Å². The van der Waals surface area contributed by atoms with Crippen LogP contribution in [0, 0.1) is 17.0 Å². The summed E-state index contributed by atoms with van der Waals surface area (Å²) in [5.41, 5.74) is 0.614. The van der Waals surface area contributed by atoms with Crippen molar-refractivity contribution in [3.8, 4) is 0 Å². The van der Waals surface area contributed by atoms with Crippen molar-refractivity contribution in [3.05, 3.63) is 85.8 Å². The summed E-state index contributed by atoms with van der Waals surface area (Å²) in [5, 5.41) is 17.3. The SMILES string of the molecule is Cc1ccc2oc(C(=O)NC3(C(=O)N(C)CCc4ccc([N+](=O)[O-])cc4)CCNCC3)cc(=O)c2c1. The minimum absolute atomic E-state index is 0.00929. The molecule has 1 saturated heterocycles. The van der Waals surface area contributed by atoms with Gasteiger partial charge in [0.1, 0.15) is 11.1 Å². The smallest absolute Gasteiger partial charge is 0.288 e. The van der Waals surface area contributed by atoms with Gasteiger partial charge in [0, 0.05) is 31.8 Å². The van der Waals surface area contributed by atoms with Crippen molar-refractivity contribution in [1.82, 2.24) is 15.5 Å². The van der Waals surface area contributed by atoms with Crippen LogP contribution in [0.3, 0.4) is 0 Å². The number of amides is 2. The lowest BCUT2D eigenvalue weighted by atomic mass is 9.86. The molecule has 10 heteroatoms. The maximum atomic E-state index is 13.6. The van der Waals surface area contributed by atoms with Gasteiger partial charge in [-0.3, -0.25) is 24.5 Å². The summed E-state index contributed by atoms with van der Waals surface area (Å²) in [7, 11) is 1.67. The van der Waals surface area contributed by atoms with Gasteiger partial charge in [0.2, 0.25) is 5.91 Å². The van der Waals surface area contributed by atoms with Crippen LogP contribution in [-0.4, -0.2) is 53.9 Å². The zero-order valence-corrected chi connectivity index (χ0v) is 20.2. The van der Waals surface area contributed by atoms with Crippen molar-refractivity contribution in [2.45, 2.75) is 31.7 Å². The van der Waals surface area contributed by atoms with Crippen LogP contribution in [0.25, 0.3) is 11.0 Å². The third kappa shape index (κ3) is 5.28. The standard InChI is InChI=1S/C26H28N4O6/c1-17-3-8-22-20(15-17)21(31)16-23(36-22)24(32)28-26(10-12-27-13-11-26)25(33)29(2)14-9-18-4-6-19(7-5-18)30(34)35/h3-8,15-16,27H,9-14H2,1-2H3,(H,28,32). The van der Waals surface area contributed by atoms with E-state index in [4.69, 9.17) is 4.42 Å². The van der Waals surface area contributed by atoms with E-state index < -0.39 is 16.4 Å². The van der Waals surface area contributed by atoms with Gasteiger partial charge in [-0.05, 0) is 57.0 Å². The molecule has 10 nitrogen and oxygen atoms in total. The Kier molecular flexibility index (Phi) is 7.16. The van der Waals surface area contributed by atoms with E-state index in [0.29, 0.717) is 49.9 Å². The Morgan fingerprint density at radius 1 is 1.14 bits per heavy atom. The van der Waals surface area contributed by atoms with E-state index >= 15 is 0 Å². The monoisotopic (exact) mass is 492 g/mol. The predicted octanol–water partition coefficient (Wildman–Crippen LogP) is 2.56. The van der Waals surface area contributed by atoms with Crippen molar-refractivity contribution >= 4 is 28.5 Å². The van der Waals surface area contributed by atoms with Crippen LogP contribution in [-0.2, 0) is 11.2 Å². The summed E-state index contributed by atoms with van der Waals surface area (Å²) >= 11 is 0. The van der Waals surface area contributed by atoms with Crippen molar-refractivity contribution in [2.24, 2.45) is 0 Å². The first-order valence-corrected chi connectivity index (χ1v) is 11.8. The number of fused-ring (bicyclic) bond motifs is 1. The fourth-order valence-corrected chi connectivity index (χ4v) is 4.45. The van der Waals surface area contributed by atoms with E-state index in [2.05, 4.69) is 10.6 Å². The summed E-state index contributed by atoms with van der Waals surface area (Å²) in [5.74, 6) is -0.998. The topological polar surface area (TPSA) is 135 Å². The Morgan fingerprint density at radius 3 is 2.50 bits per heavy atom. The Bertz CT molecular complexity index is 1360. The maximum absolute atomic E-state index is 13.6. The van der Waals surface area contributed by atoms with Crippen LogP contribution in [0.2, 0.25) is 0 Å². The lowest BCUT2D eigenvalue weighted by Crippen LogP contribution is -2.63. The van der Waals surface area contributed by atoms with Gasteiger partial charge >= 0.3 is 0 Å². The molecular formula is C26H28N4O6.